The summed E-state index contributed by atoms with van der Waals surface area (Å²) in [6.07, 6.45) is 5.91. The van der Waals surface area contributed by atoms with Gasteiger partial charge in [-0.3, -0.25) is 4.55 Å². The van der Waals surface area contributed by atoms with E-state index in [1.807, 2.05) is 34.9 Å². The van der Waals surface area contributed by atoms with Gasteiger partial charge >= 0.3 is 5.89 Å². The molecule has 232 valence electrons. The zero-order valence-electron chi connectivity index (χ0n) is 25.7. The summed E-state index contributed by atoms with van der Waals surface area (Å²) in [6, 6.07) is 22.0. The van der Waals surface area contributed by atoms with Crippen LogP contribution in [-0.4, -0.2) is 57.4 Å². The maximum atomic E-state index is 11.4. The van der Waals surface area contributed by atoms with Gasteiger partial charge in [-0.25, -0.2) is 0 Å². The van der Waals surface area contributed by atoms with Crippen LogP contribution in [0.25, 0.3) is 28.3 Å². The van der Waals surface area contributed by atoms with Crippen LogP contribution in [0.15, 0.2) is 88.7 Å². The molecule has 1 N–H and O–H groups in total. The van der Waals surface area contributed by atoms with Gasteiger partial charge in [-0.15, -0.1) is 0 Å². The number of anilines is 1. The van der Waals surface area contributed by atoms with Crippen LogP contribution in [0.2, 0.25) is 5.02 Å². The number of rotatable bonds is 12. The minimum Gasteiger partial charge on any atom is -0.439 e. The number of hydrogen-bond acceptors (Lipinski definition) is 5. The molecule has 0 amide bonds. The van der Waals surface area contributed by atoms with Crippen molar-refractivity contribution in [2.24, 2.45) is 0 Å². The molecule has 10 heteroatoms. The van der Waals surface area contributed by atoms with Crippen molar-refractivity contribution in [3.63, 3.8) is 0 Å². The summed E-state index contributed by atoms with van der Waals surface area (Å²) in [6.45, 7) is 4.21. The molecule has 0 radical (unpaired) electrons. The smallest absolute Gasteiger partial charge is 0.374 e. The zero-order valence-corrected chi connectivity index (χ0v) is 27.2. The number of quaternary nitrogens is 1. The summed E-state index contributed by atoms with van der Waals surface area (Å²) >= 11 is 6.29. The molecule has 0 bridgehead atoms. The Kier molecular flexibility index (Phi) is 9.51. The molecule has 4 aromatic rings. The fourth-order valence-corrected chi connectivity index (χ4v) is 5.99. The van der Waals surface area contributed by atoms with Gasteiger partial charge in [0.25, 0.3) is 15.6 Å². The molecule has 1 aliphatic heterocycles. The third kappa shape index (κ3) is 7.90. The largest absolute Gasteiger partial charge is 0.439 e. The van der Waals surface area contributed by atoms with Crippen molar-refractivity contribution < 1.29 is 31.2 Å². The van der Waals surface area contributed by atoms with Crippen molar-refractivity contribution in [2.45, 2.75) is 32.7 Å². The highest BCUT2D eigenvalue weighted by atomic mass is 35.5. The number of fused-ring (bicyclic) bond motifs is 2. The van der Waals surface area contributed by atoms with Crippen molar-refractivity contribution in [1.29, 1.82) is 0 Å². The van der Waals surface area contributed by atoms with Gasteiger partial charge in [-0.2, -0.15) is 13.0 Å². The van der Waals surface area contributed by atoms with E-state index in [4.69, 9.17) is 20.8 Å². The van der Waals surface area contributed by atoms with Gasteiger partial charge in [-0.1, -0.05) is 54.9 Å². The number of aromatic nitrogens is 1. The Bertz CT molecular complexity index is 1810. The first-order valence-electron chi connectivity index (χ1n) is 14.8. The van der Waals surface area contributed by atoms with E-state index in [9.17, 15) is 13.0 Å². The number of allylic oxidation sites excluding steroid dienone is 2. The molecular weight excluding hydrogens is 598 g/mol. The fraction of sp³-hybridized carbons (Fsp3) is 0.324. The van der Waals surface area contributed by atoms with E-state index in [1.165, 1.54) is 0 Å². The Hall–Kier alpha value is -3.63. The normalized spacial score (nSPS) is 14.8. The van der Waals surface area contributed by atoms with Gasteiger partial charge in [0.2, 0.25) is 11.5 Å². The number of aryl methyl sites for hydroxylation is 1. The van der Waals surface area contributed by atoms with Gasteiger partial charge in [0.1, 0.15) is 0 Å². The summed E-state index contributed by atoms with van der Waals surface area (Å²) in [7, 11) is 2.51. The Morgan fingerprint density at radius 3 is 2.50 bits per heavy atom. The van der Waals surface area contributed by atoms with Crippen LogP contribution in [-0.2, 0) is 16.7 Å². The van der Waals surface area contributed by atoms with Crippen molar-refractivity contribution >= 4 is 44.6 Å². The topological polar surface area (TPSA) is 83.9 Å². The van der Waals surface area contributed by atoms with Crippen LogP contribution in [0.5, 0.6) is 5.75 Å². The van der Waals surface area contributed by atoms with Crippen molar-refractivity contribution in [3.05, 3.63) is 95.2 Å². The minimum absolute atomic E-state index is 0.219. The quantitative estimate of drug-likeness (QED) is 0.103. The number of ether oxygens (including phenoxy) is 1. The minimum atomic E-state index is -4.08. The van der Waals surface area contributed by atoms with Crippen LogP contribution < -0.4 is 14.2 Å². The maximum absolute atomic E-state index is 11.4. The summed E-state index contributed by atoms with van der Waals surface area (Å²) in [5, 5.41) is 0.548. The van der Waals surface area contributed by atoms with Crippen LogP contribution in [0, 0.1) is 0 Å². The Morgan fingerprint density at radius 1 is 1.02 bits per heavy atom. The average Bonchev–Trinajstić information content (AvgIpc) is 3.48. The highest BCUT2D eigenvalue weighted by Gasteiger charge is 2.28. The lowest BCUT2D eigenvalue weighted by atomic mass is 10.0. The maximum Gasteiger partial charge on any atom is 0.374 e. The molecular formula is C34H40ClN3O5S+2. The molecule has 8 nitrogen and oxygen atoms in total. The zero-order chi connectivity index (χ0) is 31.5. The van der Waals surface area contributed by atoms with Crippen molar-refractivity contribution in [1.82, 2.24) is 0 Å². The summed E-state index contributed by atoms with van der Waals surface area (Å²) in [5.74, 6) is 1.78. The third-order valence-corrected chi connectivity index (χ3v) is 8.59. The lowest BCUT2D eigenvalue weighted by molar-refractivity contribution is -0.870. The molecule has 0 spiro atoms. The number of benzene rings is 3. The van der Waals surface area contributed by atoms with Gasteiger partial charge in [-0.05, 0) is 47.4 Å². The van der Waals surface area contributed by atoms with E-state index in [2.05, 4.69) is 63.3 Å². The van der Waals surface area contributed by atoms with Crippen molar-refractivity contribution in [3.8, 4) is 16.9 Å². The molecule has 0 aliphatic carbocycles. The second kappa shape index (κ2) is 13.2. The lowest BCUT2D eigenvalue weighted by Gasteiger charge is -2.26. The van der Waals surface area contributed by atoms with E-state index < -0.39 is 10.1 Å². The number of hydrogen-bond donors (Lipinski definition) is 1. The monoisotopic (exact) mass is 637 g/mol. The van der Waals surface area contributed by atoms with Crippen LogP contribution in [0.1, 0.15) is 32.1 Å². The highest BCUT2D eigenvalue weighted by Crippen LogP contribution is 2.42. The number of halogens is 1. The molecule has 0 unspecified atom stereocenters. The van der Waals surface area contributed by atoms with Crippen molar-refractivity contribution in [2.75, 3.05) is 44.9 Å². The molecule has 2 heterocycles. The Balaban J connectivity index is 1.52. The molecule has 1 aromatic heterocycles. The average molecular weight is 638 g/mol. The van der Waals surface area contributed by atoms with Gasteiger partial charge < -0.3 is 18.5 Å². The number of nitrogens with zero attached hydrogens (tertiary/aromatic N) is 3. The van der Waals surface area contributed by atoms with Crippen LogP contribution in [0.4, 0.5) is 5.69 Å². The summed E-state index contributed by atoms with van der Waals surface area (Å²) < 4.78 is 47.5. The number of oxazole rings is 1. The standard InChI is InChI=1S/C34H39ClN3O5S/c1-5-25(22-34-37(18-10-20-44(39,40)41)30-24-28(35)14-16-32(30)43-34)21-33-36(17-9-19-38(2,3)4)29-23-27(13-15-31(29)42-33)26-11-7-6-8-12-26/h6-8,11-16,21-24H,5,9-10,17-20H2,1-4H3/q+1/p+1. The summed E-state index contributed by atoms with van der Waals surface area (Å²) in [5.41, 5.74) is 5.67. The molecule has 5 rings (SSSR count). The van der Waals surface area contributed by atoms with E-state index >= 15 is 0 Å². The molecule has 0 atom stereocenters. The SMILES string of the molecule is CCC(/C=C1\Oc2ccc(-c3ccccc3)cc2N1CCC[N+](C)(C)C)=C\c1oc2ccc(Cl)cc2[n+]1CCCS(=O)(=O)O. The van der Waals surface area contributed by atoms with E-state index in [-0.39, 0.29) is 12.2 Å². The molecule has 1 aliphatic rings. The molecule has 0 fully saturated rings. The van der Waals surface area contributed by atoms with Gasteiger partial charge in [0, 0.05) is 36.6 Å². The van der Waals surface area contributed by atoms with E-state index in [0.29, 0.717) is 29.5 Å². The van der Waals surface area contributed by atoms with Crippen LogP contribution >= 0.6 is 11.6 Å². The fourth-order valence-electron chi connectivity index (χ4n) is 5.33. The first-order valence-corrected chi connectivity index (χ1v) is 16.8. The molecule has 3 aromatic carbocycles. The highest BCUT2D eigenvalue weighted by molar-refractivity contribution is 7.85. The predicted molar refractivity (Wildman–Crippen MR) is 176 cm³/mol. The Morgan fingerprint density at radius 2 is 1.80 bits per heavy atom. The van der Waals surface area contributed by atoms with E-state index in [0.717, 1.165) is 63.5 Å². The van der Waals surface area contributed by atoms with Crippen LogP contribution in [0.3, 0.4) is 0 Å². The Labute approximate surface area is 264 Å². The molecule has 44 heavy (non-hydrogen) atoms. The van der Waals surface area contributed by atoms with Gasteiger partial charge in [0.05, 0.1) is 45.2 Å². The first kappa shape index (κ1) is 31.8. The molecule has 0 saturated heterocycles. The second-order valence-corrected chi connectivity index (χ2v) is 14.1. The summed E-state index contributed by atoms with van der Waals surface area (Å²) in [4.78, 5) is 2.25. The third-order valence-electron chi connectivity index (χ3n) is 7.55. The second-order valence-electron chi connectivity index (χ2n) is 12.1. The predicted octanol–water partition coefficient (Wildman–Crippen LogP) is 6.95. The first-order chi connectivity index (χ1) is 20.9. The van der Waals surface area contributed by atoms with E-state index in [1.54, 1.807) is 18.2 Å². The molecule has 0 saturated carbocycles. The van der Waals surface area contributed by atoms with Gasteiger partial charge in [0.15, 0.2) is 12.3 Å². The lowest BCUT2D eigenvalue weighted by Crippen LogP contribution is -2.37.